The number of nitrogens with one attached hydrogen (secondary N) is 1. The first-order valence-electron chi connectivity index (χ1n) is 6.70. The molecule has 1 aromatic rings. The van der Waals surface area contributed by atoms with Gasteiger partial charge in [-0.05, 0) is 19.4 Å². The first-order chi connectivity index (χ1) is 9.43. The van der Waals surface area contributed by atoms with E-state index in [1.54, 1.807) is 0 Å². The van der Waals surface area contributed by atoms with E-state index in [1.165, 1.54) is 5.56 Å². The number of benzene rings is 1. The lowest BCUT2D eigenvalue weighted by Gasteiger charge is -2.30. The molecule has 0 unspecified atom stereocenters. The van der Waals surface area contributed by atoms with Crippen LogP contribution in [0, 0.1) is 0 Å². The largest absolute Gasteiger partial charge is 0.481 e. The van der Waals surface area contributed by atoms with Crippen LogP contribution in [0.1, 0.15) is 33.3 Å². The van der Waals surface area contributed by atoms with Gasteiger partial charge in [0.25, 0.3) is 5.97 Å². The van der Waals surface area contributed by atoms with Crippen LogP contribution in [0.25, 0.3) is 0 Å². The van der Waals surface area contributed by atoms with Crippen molar-refractivity contribution in [3.8, 4) is 0 Å². The van der Waals surface area contributed by atoms with Gasteiger partial charge in [0.2, 0.25) is 5.91 Å². The normalized spacial score (nSPS) is 10.6. The molecule has 0 spiro atoms. The van der Waals surface area contributed by atoms with Crippen molar-refractivity contribution in [2.24, 2.45) is 0 Å². The summed E-state index contributed by atoms with van der Waals surface area (Å²) in [4.78, 5) is 9.00. The highest BCUT2D eigenvalue weighted by Crippen LogP contribution is 2.10. The van der Waals surface area contributed by atoms with Crippen LogP contribution in [0.4, 0.5) is 0 Å². The number of carboxylic acid groups (broad SMARTS) is 1. The molecule has 5 nitrogen and oxygen atoms in total. The summed E-state index contributed by atoms with van der Waals surface area (Å²) in [6.07, 6.45) is 0. The van der Waals surface area contributed by atoms with E-state index in [0.717, 1.165) is 13.5 Å². The van der Waals surface area contributed by atoms with E-state index in [1.807, 2.05) is 39.0 Å². The number of hydrogen-bond acceptors (Lipinski definition) is 4. The summed E-state index contributed by atoms with van der Waals surface area (Å²) in [6.45, 7) is 8.89. The third-order valence-corrected chi connectivity index (χ3v) is 2.30. The SMILES string of the molecule is CC(=O)O.CCOC(C)(NCc1ccccc1)OCC. The van der Waals surface area contributed by atoms with Crippen molar-refractivity contribution in [1.29, 1.82) is 0 Å². The van der Waals surface area contributed by atoms with Crippen molar-refractivity contribution in [3.05, 3.63) is 35.9 Å². The first kappa shape index (κ1) is 18.6. The second-order valence-electron chi connectivity index (χ2n) is 4.17. The molecule has 1 rings (SSSR count). The number of carboxylic acids is 1. The average Bonchev–Trinajstić information content (AvgIpc) is 2.38. The van der Waals surface area contributed by atoms with Crippen LogP contribution in [-0.2, 0) is 20.8 Å². The van der Waals surface area contributed by atoms with E-state index in [0.29, 0.717) is 13.2 Å². The summed E-state index contributed by atoms with van der Waals surface area (Å²) < 4.78 is 11.1. The minimum atomic E-state index is -0.833. The second kappa shape index (κ2) is 10.4. The second-order valence-corrected chi connectivity index (χ2v) is 4.17. The molecule has 1 aromatic carbocycles. The summed E-state index contributed by atoms with van der Waals surface area (Å²) in [5, 5.41) is 10.7. The zero-order valence-corrected chi connectivity index (χ0v) is 12.7. The Balaban J connectivity index is 0.000000796. The highest BCUT2D eigenvalue weighted by molar-refractivity contribution is 5.62. The third kappa shape index (κ3) is 9.49. The zero-order chi connectivity index (χ0) is 15.4. The van der Waals surface area contributed by atoms with Gasteiger partial charge in [0.1, 0.15) is 0 Å². The molecule has 0 heterocycles. The fraction of sp³-hybridized carbons (Fsp3) is 0.533. The quantitative estimate of drug-likeness (QED) is 0.753. The summed E-state index contributed by atoms with van der Waals surface area (Å²) in [6, 6.07) is 10.2. The van der Waals surface area contributed by atoms with Crippen LogP contribution in [0.3, 0.4) is 0 Å². The van der Waals surface area contributed by atoms with Crippen LogP contribution < -0.4 is 5.32 Å². The van der Waals surface area contributed by atoms with Crippen LogP contribution in [0.15, 0.2) is 30.3 Å². The lowest BCUT2D eigenvalue weighted by atomic mass is 10.2. The molecule has 0 saturated heterocycles. The van der Waals surface area contributed by atoms with Gasteiger partial charge in [-0.1, -0.05) is 30.3 Å². The monoisotopic (exact) mass is 283 g/mol. The summed E-state index contributed by atoms with van der Waals surface area (Å²) in [5.74, 6) is -1.53. The number of aliphatic carboxylic acids is 1. The molecule has 0 radical (unpaired) electrons. The molecular formula is C15H25NO4. The zero-order valence-electron chi connectivity index (χ0n) is 12.7. The summed E-state index contributed by atoms with van der Waals surface area (Å²) >= 11 is 0. The molecule has 0 amide bonds. The number of carbonyl (C=O) groups is 1. The molecule has 0 aromatic heterocycles. The maximum absolute atomic E-state index is 9.00. The van der Waals surface area contributed by atoms with Gasteiger partial charge in [-0.3, -0.25) is 10.1 Å². The first-order valence-corrected chi connectivity index (χ1v) is 6.70. The van der Waals surface area contributed by atoms with Crippen LogP contribution in [-0.4, -0.2) is 30.2 Å². The van der Waals surface area contributed by atoms with E-state index in [2.05, 4.69) is 17.4 Å². The number of ether oxygens (including phenoxy) is 2. The Hall–Kier alpha value is -1.43. The Morgan fingerprint density at radius 3 is 2.05 bits per heavy atom. The van der Waals surface area contributed by atoms with Gasteiger partial charge in [0, 0.05) is 33.6 Å². The lowest BCUT2D eigenvalue weighted by Crippen LogP contribution is -2.47. The van der Waals surface area contributed by atoms with Crippen molar-refractivity contribution in [2.75, 3.05) is 13.2 Å². The third-order valence-electron chi connectivity index (χ3n) is 2.30. The van der Waals surface area contributed by atoms with E-state index in [-0.39, 0.29) is 0 Å². The molecule has 0 fully saturated rings. The molecule has 20 heavy (non-hydrogen) atoms. The summed E-state index contributed by atoms with van der Waals surface area (Å²) in [5.41, 5.74) is 1.22. The molecule has 0 aliphatic carbocycles. The Bertz CT molecular complexity index is 357. The van der Waals surface area contributed by atoms with Gasteiger partial charge >= 0.3 is 0 Å². The van der Waals surface area contributed by atoms with E-state index < -0.39 is 11.9 Å². The Kier molecular flexibility index (Phi) is 9.63. The number of hydrogen-bond donors (Lipinski definition) is 2. The highest BCUT2D eigenvalue weighted by atomic mass is 16.7. The smallest absolute Gasteiger partial charge is 0.300 e. The van der Waals surface area contributed by atoms with E-state index >= 15 is 0 Å². The molecule has 2 N–H and O–H groups in total. The molecule has 0 aliphatic heterocycles. The van der Waals surface area contributed by atoms with Gasteiger partial charge in [-0.15, -0.1) is 0 Å². The van der Waals surface area contributed by atoms with Crippen molar-refractivity contribution in [1.82, 2.24) is 5.32 Å². The van der Waals surface area contributed by atoms with Crippen molar-refractivity contribution in [3.63, 3.8) is 0 Å². The summed E-state index contributed by atoms with van der Waals surface area (Å²) in [7, 11) is 0. The topological polar surface area (TPSA) is 67.8 Å². The molecule has 0 aliphatic rings. The molecule has 0 atom stereocenters. The molecular weight excluding hydrogens is 258 g/mol. The van der Waals surface area contributed by atoms with E-state index in [9.17, 15) is 0 Å². The fourth-order valence-electron chi connectivity index (χ4n) is 1.55. The lowest BCUT2D eigenvalue weighted by molar-refractivity contribution is -0.241. The Morgan fingerprint density at radius 1 is 1.20 bits per heavy atom. The molecule has 114 valence electrons. The standard InChI is InChI=1S/C13H21NO2.C2H4O2/c1-4-15-13(3,16-5-2)14-11-12-9-7-6-8-10-12;1-2(3)4/h6-10,14H,4-5,11H2,1-3H3;1H3,(H,3,4). The van der Waals surface area contributed by atoms with E-state index in [4.69, 9.17) is 19.4 Å². The van der Waals surface area contributed by atoms with Gasteiger partial charge in [0.15, 0.2) is 0 Å². The van der Waals surface area contributed by atoms with Crippen molar-refractivity contribution < 1.29 is 19.4 Å². The van der Waals surface area contributed by atoms with Gasteiger partial charge < -0.3 is 14.6 Å². The number of rotatable bonds is 7. The molecule has 0 saturated carbocycles. The highest BCUT2D eigenvalue weighted by Gasteiger charge is 2.23. The van der Waals surface area contributed by atoms with Crippen LogP contribution >= 0.6 is 0 Å². The van der Waals surface area contributed by atoms with Crippen molar-refractivity contribution >= 4 is 5.97 Å². The van der Waals surface area contributed by atoms with Gasteiger partial charge in [0.05, 0.1) is 0 Å². The predicted octanol–water partition coefficient (Wildman–Crippen LogP) is 2.61. The van der Waals surface area contributed by atoms with Crippen LogP contribution in [0.2, 0.25) is 0 Å². The fourth-order valence-corrected chi connectivity index (χ4v) is 1.55. The Labute approximate surface area is 120 Å². The average molecular weight is 283 g/mol. The molecule has 5 heteroatoms. The Morgan fingerprint density at radius 2 is 1.65 bits per heavy atom. The predicted molar refractivity (Wildman–Crippen MR) is 78.2 cm³/mol. The maximum Gasteiger partial charge on any atom is 0.300 e. The molecule has 0 bridgehead atoms. The van der Waals surface area contributed by atoms with Crippen molar-refractivity contribution in [2.45, 2.75) is 40.2 Å². The van der Waals surface area contributed by atoms with Crippen LogP contribution in [0.5, 0.6) is 0 Å². The van der Waals surface area contributed by atoms with Gasteiger partial charge in [-0.2, -0.15) is 0 Å². The minimum absolute atomic E-state index is 0.623. The van der Waals surface area contributed by atoms with Gasteiger partial charge in [-0.25, -0.2) is 0 Å². The maximum atomic E-state index is 9.00. The minimum Gasteiger partial charge on any atom is -0.481 e.